The molecule has 2 aromatic rings. The van der Waals surface area contributed by atoms with Crippen LogP contribution in [0, 0.1) is 17.8 Å². The van der Waals surface area contributed by atoms with Gasteiger partial charge in [0.2, 0.25) is 5.91 Å². The largest absolute Gasteiger partial charge is 0.481 e. The van der Waals surface area contributed by atoms with Gasteiger partial charge in [-0.1, -0.05) is 55.5 Å². The molecule has 174 valence electrons. The minimum atomic E-state index is -0.824. The lowest BCUT2D eigenvalue weighted by Crippen LogP contribution is -2.32. The maximum atomic E-state index is 12.3. The Kier molecular flexibility index (Phi) is 6.96. The van der Waals surface area contributed by atoms with Crippen molar-refractivity contribution in [3.63, 3.8) is 0 Å². The number of carbonyl (C=O) groups is 3. The molecule has 2 aromatic carbocycles. The third-order valence-corrected chi connectivity index (χ3v) is 6.59. The van der Waals surface area contributed by atoms with E-state index in [1.165, 1.54) is 22.3 Å². The second-order valence-corrected chi connectivity index (χ2v) is 9.09. The maximum Gasteiger partial charge on any atom is 0.407 e. The number of hydrogen-bond donors (Lipinski definition) is 3. The molecule has 2 amide bonds. The summed E-state index contributed by atoms with van der Waals surface area (Å²) in [4.78, 5) is 35.2. The van der Waals surface area contributed by atoms with E-state index in [4.69, 9.17) is 9.84 Å². The zero-order chi connectivity index (χ0) is 23.4. The highest BCUT2D eigenvalue weighted by molar-refractivity contribution is 5.82. The fourth-order valence-electron chi connectivity index (χ4n) is 4.54. The first-order chi connectivity index (χ1) is 15.9. The summed E-state index contributed by atoms with van der Waals surface area (Å²) in [5.41, 5.74) is 4.71. The highest BCUT2D eigenvalue weighted by atomic mass is 16.5. The second-order valence-electron chi connectivity index (χ2n) is 9.09. The second kappa shape index (κ2) is 10.1. The van der Waals surface area contributed by atoms with Crippen LogP contribution in [0.2, 0.25) is 0 Å². The van der Waals surface area contributed by atoms with Crippen LogP contribution in [0.4, 0.5) is 4.79 Å². The van der Waals surface area contributed by atoms with Crippen LogP contribution in [-0.4, -0.2) is 42.8 Å². The number of ether oxygens (including phenoxy) is 1. The summed E-state index contributed by atoms with van der Waals surface area (Å²) in [5, 5.41) is 14.4. The predicted octanol–water partition coefficient (Wildman–Crippen LogP) is 3.78. The van der Waals surface area contributed by atoms with Gasteiger partial charge in [0.1, 0.15) is 6.61 Å². The number of fused-ring (bicyclic) bond motifs is 3. The van der Waals surface area contributed by atoms with Crippen molar-refractivity contribution in [2.75, 3.05) is 19.7 Å². The number of carboxylic acids is 1. The molecule has 1 saturated carbocycles. The van der Waals surface area contributed by atoms with Crippen molar-refractivity contribution in [1.82, 2.24) is 10.6 Å². The number of carboxylic acid groups (broad SMARTS) is 1. The van der Waals surface area contributed by atoms with Gasteiger partial charge in [-0.05, 0) is 46.9 Å². The first kappa shape index (κ1) is 22.8. The van der Waals surface area contributed by atoms with Gasteiger partial charge in [-0.15, -0.1) is 0 Å². The Morgan fingerprint density at radius 1 is 1.03 bits per heavy atom. The van der Waals surface area contributed by atoms with Gasteiger partial charge in [0.15, 0.2) is 0 Å². The average molecular weight is 451 g/mol. The Bertz CT molecular complexity index is 991. The molecule has 0 aliphatic heterocycles. The van der Waals surface area contributed by atoms with E-state index >= 15 is 0 Å². The molecule has 3 N–H and O–H groups in total. The topological polar surface area (TPSA) is 105 Å². The molecule has 7 nitrogen and oxygen atoms in total. The number of rotatable bonds is 10. The number of hydrogen-bond acceptors (Lipinski definition) is 4. The van der Waals surface area contributed by atoms with Gasteiger partial charge in [0, 0.05) is 31.3 Å². The van der Waals surface area contributed by atoms with Crippen LogP contribution in [0.25, 0.3) is 11.1 Å². The van der Waals surface area contributed by atoms with Crippen molar-refractivity contribution in [2.45, 2.75) is 32.1 Å². The molecular weight excluding hydrogens is 420 g/mol. The van der Waals surface area contributed by atoms with Crippen molar-refractivity contribution in [1.29, 1.82) is 0 Å². The quantitative estimate of drug-likeness (QED) is 0.511. The van der Waals surface area contributed by atoms with E-state index in [1.54, 1.807) is 0 Å². The lowest BCUT2D eigenvalue weighted by Gasteiger charge is -2.14. The summed E-state index contributed by atoms with van der Waals surface area (Å²) in [6, 6.07) is 16.4. The first-order valence-corrected chi connectivity index (χ1v) is 11.5. The molecule has 33 heavy (non-hydrogen) atoms. The highest BCUT2D eigenvalue weighted by Crippen LogP contribution is 2.44. The van der Waals surface area contributed by atoms with E-state index < -0.39 is 12.1 Å². The van der Waals surface area contributed by atoms with Crippen LogP contribution in [0.3, 0.4) is 0 Å². The third kappa shape index (κ3) is 5.53. The number of carbonyl (C=O) groups excluding carboxylic acids is 2. The number of aliphatic carboxylic acids is 1. The fourth-order valence-corrected chi connectivity index (χ4v) is 4.54. The zero-order valence-electron chi connectivity index (χ0n) is 18.8. The Morgan fingerprint density at radius 3 is 2.30 bits per heavy atom. The van der Waals surface area contributed by atoms with Crippen LogP contribution in [0.5, 0.6) is 0 Å². The van der Waals surface area contributed by atoms with E-state index in [0.717, 1.165) is 6.42 Å². The minimum Gasteiger partial charge on any atom is -0.481 e. The molecule has 2 aliphatic rings. The molecule has 7 heteroatoms. The van der Waals surface area contributed by atoms with Gasteiger partial charge in [-0.2, -0.15) is 0 Å². The smallest absolute Gasteiger partial charge is 0.407 e. The number of nitrogens with one attached hydrogen (secondary N) is 2. The van der Waals surface area contributed by atoms with Crippen molar-refractivity contribution in [3.8, 4) is 11.1 Å². The van der Waals surface area contributed by atoms with E-state index in [-0.39, 0.29) is 42.6 Å². The summed E-state index contributed by atoms with van der Waals surface area (Å²) in [6.45, 7) is 3.06. The molecule has 1 unspecified atom stereocenters. The monoisotopic (exact) mass is 450 g/mol. The lowest BCUT2D eigenvalue weighted by atomic mass is 9.98. The molecule has 0 aromatic heterocycles. The van der Waals surface area contributed by atoms with Gasteiger partial charge in [0.05, 0.1) is 0 Å². The van der Waals surface area contributed by atoms with Crippen LogP contribution < -0.4 is 10.6 Å². The molecule has 0 heterocycles. The normalized spacial score (nSPS) is 19.2. The molecule has 1 fully saturated rings. The molecular formula is C26H30N2O5. The van der Waals surface area contributed by atoms with E-state index in [9.17, 15) is 14.4 Å². The van der Waals surface area contributed by atoms with Gasteiger partial charge in [-0.25, -0.2) is 4.79 Å². The molecule has 0 radical (unpaired) electrons. The molecule has 0 saturated heterocycles. The van der Waals surface area contributed by atoms with E-state index in [1.807, 2.05) is 31.2 Å². The van der Waals surface area contributed by atoms with Gasteiger partial charge in [-0.3, -0.25) is 9.59 Å². The third-order valence-electron chi connectivity index (χ3n) is 6.59. The van der Waals surface area contributed by atoms with Gasteiger partial charge in [0.25, 0.3) is 0 Å². The van der Waals surface area contributed by atoms with Crippen LogP contribution >= 0.6 is 0 Å². The maximum absolute atomic E-state index is 12.3. The molecule has 0 spiro atoms. The van der Waals surface area contributed by atoms with Crippen molar-refractivity contribution in [3.05, 3.63) is 59.7 Å². The fraction of sp³-hybridized carbons (Fsp3) is 0.423. The highest BCUT2D eigenvalue weighted by Gasteiger charge is 2.43. The lowest BCUT2D eigenvalue weighted by molar-refractivity contribution is -0.137. The standard InChI is InChI=1S/C26H30N2O5/c1-16(10-11-24(29)30)13-27-25(31)22-12-17(22)14-28-26(32)33-15-23-20-8-4-2-6-18(20)19-7-3-5-9-21(19)23/h2-9,16-17,22-23H,10-15H2,1H3,(H,27,31)(H,28,32)(H,29,30)/t16?,17-,22-/m1/s1. The summed E-state index contributed by atoms with van der Waals surface area (Å²) in [7, 11) is 0. The molecule has 0 bridgehead atoms. The summed E-state index contributed by atoms with van der Waals surface area (Å²) in [5.74, 6) is -0.719. The predicted molar refractivity (Wildman–Crippen MR) is 124 cm³/mol. The summed E-state index contributed by atoms with van der Waals surface area (Å²) in [6.07, 6.45) is 0.907. The molecule has 3 atom stereocenters. The van der Waals surface area contributed by atoms with Crippen molar-refractivity contribution >= 4 is 18.0 Å². The van der Waals surface area contributed by atoms with Crippen molar-refractivity contribution in [2.24, 2.45) is 17.8 Å². The van der Waals surface area contributed by atoms with E-state index in [0.29, 0.717) is 19.5 Å². The Balaban J connectivity index is 1.18. The summed E-state index contributed by atoms with van der Waals surface area (Å²) >= 11 is 0. The Hall–Kier alpha value is -3.35. The SMILES string of the molecule is CC(CCC(=O)O)CNC(=O)[C@@H]1C[C@@H]1CNC(=O)OCC1c2ccccc2-c2ccccc21. The summed E-state index contributed by atoms with van der Waals surface area (Å²) < 4.78 is 5.54. The van der Waals surface area contributed by atoms with Crippen LogP contribution in [-0.2, 0) is 14.3 Å². The zero-order valence-corrected chi connectivity index (χ0v) is 18.8. The number of benzene rings is 2. The van der Waals surface area contributed by atoms with Crippen LogP contribution in [0.1, 0.15) is 43.2 Å². The van der Waals surface area contributed by atoms with Gasteiger partial charge < -0.3 is 20.5 Å². The molecule has 2 aliphatic carbocycles. The van der Waals surface area contributed by atoms with E-state index in [2.05, 4.69) is 34.9 Å². The van der Waals surface area contributed by atoms with Crippen LogP contribution in [0.15, 0.2) is 48.5 Å². The van der Waals surface area contributed by atoms with Gasteiger partial charge >= 0.3 is 12.1 Å². The van der Waals surface area contributed by atoms with Crippen molar-refractivity contribution < 1.29 is 24.2 Å². The number of alkyl carbamates (subject to hydrolysis) is 1. The first-order valence-electron chi connectivity index (χ1n) is 11.5. The Morgan fingerprint density at radius 2 is 1.67 bits per heavy atom. The minimum absolute atomic E-state index is 0.0192. The number of amides is 2. The average Bonchev–Trinajstić information content (AvgIpc) is 3.53. The Labute approximate surface area is 193 Å². The molecule has 4 rings (SSSR count).